The van der Waals surface area contributed by atoms with Crippen molar-refractivity contribution >= 4 is 54.9 Å². The van der Waals surface area contributed by atoms with Gasteiger partial charge < -0.3 is 4.74 Å². The predicted molar refractivity (Wildman–Crippen MR) is 85.2 cm³/mol. The van der Waals surface area contributed by atoms with Crippen LogP contribution in [0.2, 0.25) is 5.02 Å². The van der Waals surface area contributed by atoms with Gasteiger partial charge in [-0.3, -0.25) is 4.79 Å². The van der Waals surface area contributed by atoms with E-state index in [1.807, 2.05) is 0 Å². The molecule has 0 bridgehead atoms. The summed E-state index contributed by atoms with van der Waals surface area (Å²) < 4.78 is 32.1. The SMILES string of the molecule is COC(=O)CN(C1CCCC1)S(=O)(=O)c1cc(Cl)c(Br)s1. The van der Waals surface area contributed by atoms with Crippen LogP contribution < -0.4 is 0 Å². The number of sulfonamides is 1. The molecule has 1 heterocycles. The number of hydrogen-bond acceptors (Lipinski definition) is 5. The third kappa shape index (κ3) is 3.79. The Labute approximate surface area is 141 Å². The van der Waals surface area contributed by atoms with Crippen molar-refractivity contribution in [2.24, 2.45) is 0 Å². The molecule has 9 heteroatoms. The number of methoxy groups -OCH3 is 1. The third-order valence-corrected chi connectivity index (χ3v) is 8.25. The molecule has 0 atom stereocenters. The number of ether oxygens (including phenoxy) is 1. The Hall–Kier alpha value is -0.150. The summed E-state index contributed by atoms with van der Waals surface area (Å²) in [5.41, 5.74) is 0. The molecule has 0 amide bonds. The molecule has 0 N–H and O–H groups in total. The van der Waals surface area contributed by atoms with Crippen LogP contribution in [0.15, 0.2) is 14.1 Å². The first kappa shape index (κ1) is 17.2. The van der Waals surface area contributed by atoms with Gasteiger partial charge in [-0.25, -0.2) is 8.42 Å². The highest BCUT2D eigenvalue weighted by molar-refractivity contribution is 9.11. The second-order valence-corrected chi connectivity index (χ2v) is 9.65. The first-order chi connectivity index (χ1) is 9.86. The maximum Gasteiger partial charge on any atom is 0.321 e. The van der Waals surface area contributed by atoms with Gasteiger partial charge in [0.1, 0.15) is 10.8 Å². The number of carbonyl (C=O) groups is 1. The first-order valence-electron chi connectivity index (χ1n) is 6.39. The van der Waals surface area contributed by atoms with Crippen LogP contribution in [0, 0.1) is 0 Å². The van der Waals surface area contributed by atoms with E-state index in [1.165, 1.54) is 17.5 Å². The summed E-state index contributed by atoms with van der Waals surface area (Å²) in [7, 11) is -2.50. The molecular formula is C12H15BrClNO4S2. The highest BCUT2D eigenvalue weighted by atomic mass is 79.9. The number of carbonyl (C=O) groups excluding carboxylic acids is 1. The van der Waals surface area contributed by atoms with E-state index >= 15 is 0 Å². The molecule has 21 heavy (non-hydrogen) atoms. The van der Waals surface area contributed by atoms with Gasteiger partial charge in [0.05, 0.1) is 15.9 Å². The van der Waals surface area contributed by atoms with Gasteiger partial charge >= 0.3 is 5.97 Å². The zero-order chi connectivity index (χ0) is 15.6. The van der Waals surface area contributed by atoms with E-state index < -0.39 is 16.0 Å². The Kier molecular flexibility index (Phi) is 5.70. The molecule has 1 saturated carbocycles. The number of halogens is 2. The average molecular weight is 417 g/mol. The summed E-state index contributed by atoms with van der Waals surface area (Å²) >= 11 is 10.2. The van der Waals surface area contributed by atoms with E-state index in [2.05, 4.69) is 20.7 Å². The number of thiophene rings is 1. The second-order valence-electron chi connectivity index (χ2n) is 4.75. The van der Waals surface area contributed by atoms with Crippen LogP contribution in [0.4, 0.5) is 0 Å². The van der Waals surface area contributed by atoms with Crippen LogP contribution in [-0.4, -0.2) is 38.4 Å². The monoisotopic (exact) mass is 415 g/mol. The molecule has 0 spiro atoms. The Bertz CT molecular complexity index is 606. The maximum absolute atomic E-state index is 12.8. The van der Waals surface area contributed by atoms with E-state index in [1.54, 1.807) is 0 Å². The van der Waals surface area contributed by atoms with Crippen molar-refractivity contribution in [2.45, 2.75) is 35.9 Å². The van der Waals surface area contributed by atoms with Gasteiger partial charge in [0.25, 0.3) is 10.0 Å². The van der Waals surface area contributed by atoms with E-state index in [4.69, 9.17) is 11.6 Å². The number of esters is 1. The molecule has 118 valence electrons. The topological polar surface area (TPSA) is 63.7 Å². The molecule has 2 rings (SSSR count). The third-order valence-electron chi connectivity index (χ3n) is 3.43. The standard InChI is InChI=1S/C12H15BrClNO4S2/c1-19-10(16)7-15(8-4-2-3-5-8)21(17,18)11-6-9(14)12(13)20-11/h6,8H,2-5,7H2,1H3. The normalized spacial score (nSPS) is 16.6. The van der Waals surface area contributed by atoms with Crippen molar-refractivity contribution in [3.63, 3.8) is 0 Å². The van der Waals surface area contributed by atoms with Crippen LogP contribution in [0.1, 0.15) is 25.7 Å². The van der Waals surface area contributed by atoms with E-state index in [-0.39, 0.29) is 16.8 Å². The Balaban J connectivity index is 2.35. The first-order valence-corrected chi connectivity index (χ1v) is 9.82. The van der Waals surface area contributed by atoms with Crippen molar-refractivity contribution in [1.82, 2.24) is 4.31 Å². The van der Waals surface area contributed by atoms with Crippen LogP contribution in [0.25, 0.3) is 0 Å². The van der Waals surface area contributed by atoms with Gasteiger partial charge in [-0.2, -0.15) is 4.31 Å². The van der Waals surface area contributed by atoms with Gasteiger partial charge in [-0.1, -0.05) is 24.4 Å². The van der Waals surface area contributed by atoms with Crippen molar-refractivity contribution in [2.75, 3.05) is 13.7 Å². The lowest BCUT2D eigenvalue weighted by molar-refractivity contribution is -0.141. The molecule has 0 radical (unpaired) electrons. The van der Waals surface area contributed by atoms with Gasteiger partial charge in [-0.15, -0.1) is 11.3 Å². The number of hydrogen-bond donors (Lipinski definition) is 0. The van der Waals surface area contributed by atoms with E-state index in [9.17, 15) is 13.2 Å². The fourth-order valence-electron chi connectivity index (χ4n) is 2.36. The van der Waals surface area contributed by atoms with Gasteiger partial charge in [0, 0.05) is 6.04 Å². The number of rotatable bonds is 5. The summed E-state index contributed by atoms with van der Waals surface area (Å²) in [6.45, 7) is -0.267. The summed E-state index contributed by atoms with van der Waals surface area (Å²) in [5, 5.41) is 0.350. The maximum atomic E-state index is 12.8. The summed E-state index contributed by atoms with van der Waals surface area (Å²) in [6.07, 6.45) is 3.45. The van der Waals surface area contributed by atoms with Crippen molar-refractivity contribution in [3.05, 3.63) is 14.9 Å². The molecule has 1 aromatic rings. The highest BCUT2D eigenvalue weighted by Crippen LogP contribution is 2.37. The molecule has 0 unspecified atom stereocenters. The average Bonchev–Trinajstić information content (AvgIpc) is 3.06. The van der Waals surface area contributed by atoms with E-state index in [0.717, 1.165) is 37.0 Å². The second kappa shape index (κ2) is 6.95. The Morgan fingerprint density at radius 3 is 2.62 bits per heavy atom. The van der Waals surface area contributed by atoms with Crippen LogP contribution in [0.3, 0.4) is 0 Å². The van der Waals surface area contributed by atoms with Gasteiger partial charge in [0.2, 0.25) is 0 Å². The molecule has 1 fully saturated rings. The van der Waals surface area contributed by atoms with Crippen molar-refractivity contribution in [1.29, 1.82) is 0 Å². The van der Waals surface area contributed by atoms with Crippen LogP contribution in [-0.2, 0) is 19.6 Å². The Morgan fingerprint density at radius 1 is 1.52 bits per heavy atom. The zero-order valence-corrected chi connectivity index (χ0v) is 15.3. The van der Waals surface area contributed by atoms with Crippen LogP contribution in [0.5, 0.6) is 0 Å². The molecule has 0 aliphatic heterocycles. The van der Waals surface area contributed by atoms with Gasteiger partial charge in [0.15, 0.2) is 0 Å². The Morgan fingerprint density at radius 2 is 2.14 bits per heavy atom. The molecule has 1 aliphatic carbocycles. The fraction of sp³-hybridized carbons (Fsp3) is 0.583. The minimum absolute atomic E-state index is 0.134. The fourth-order valence-corrected chi connectivity index (χ4v) is 6.52. The van der Waals surface area contributed by atoms with E-state index in [0.29, 0.717) is 8.81 Å². The van der Waals surface area contributed by atoms with Gasteiger partial charge in [-0.05, 0) is 34.8 Å². The zero-order valence-electron chi connectivity index (χ0n) is 11.3. The predicted octanol–water partition coefficient (Wildman–Crippen LogP) is 3.27. The summed E-state index contributed by atoms with van der Waals surface area (Å²) in [6, 6.07) is 1.25. The minimum atomic E-state index is -3.75. The van der Waals surface area contributed by atoms with Crippen molar-refractivity contribution in [3.8, 4) is 0 Å². The smallest absolute Gasteiger partial charge is 0.321 e. The summed E-state index contributed by atoms with van der Waals surface area (Å²) in [5.74, 6) is -0.563. The minimum Gasteiger partial charge on any atom is -0.468 e. The highest BCUT2D eigenvalue weighted by Gasteiger charge is 2.36. The summed E-state index contributed by atoms with van der Waals surface area (Å²) in [4.78, 5) is 11.6. The molecule has 1 aliphatic rings. The molecule has 0 saturated heterocycles. The molecular weight excluding hydrogens is 402 g/mol. The lowest BCUT2D eigenvalue weighted by Crippen LogP contribution is -2.42. The quantitative estimate of drug-likeness (QED) is 0.691. The lowest BCUT2D eigenvalue weighted by atomic mass is 10.2. The van der Waals surface area contributed by atoms with Crippen molar-refractivity contribution < 1.29 is 17.9 Å². The number of nitrogens with zero attached hydrogens (tertiary/aromatic N) is 1. The molecule has 5 nitrogen and oxygen atoms in total. The molecule has 1 aromatic heterocycles. The molecule has 0 aromatic carbocycles. The lowest BCUT2D eigenvalue weighted by Gasteiger charge is -2.26. The largest absolute Gasteiger partial charge is 0.468 e. The van der Waals surface area contributed by atoms with Crippen LogP contribution >= 0.6 is 38.9 Å².